The molecule has 3 N–H and O–H groups in total. The Morgan fingerprint density at radius 3 is 2.86 bits per heavy atom. The summed E-state index contributed by atoms with van der Waals surface area (Å²) < 4.78 is 10.5. The fourth-order valence-electron chi connectivity index (χ4n) is 1.94. The molecule has 1 aliphatic rings. The quantitative estimate of drug-likeness (QED) is 0.633. The van der Waals surface area contributed by atoms with Gasteiger partial charge in [-0.2, -0.15) is 0 Å². The van der Waals surface area contributed by atoms with Gasteiger partial charge in [0, 0.05) is 11.8 Å². The number of ether oxygens (including phenoxy) is 2. The topological polar surface area (TPSA) is 79.8 Å². The van der Waals surface area contributed by atoms with Gasteiger partial charge >= 0.3 is 0 Å². The van der Waals surface area contributed by atoms with Crippen LogP contribution in [0, 0.1) is 5.92 Å². The molecule has 0 atom stereocenters. The summed E-state index contributed by atoms with van der Waals surface area (Å²) in [7, 11) is 1.54. The molecule has 0 aliphatic heterocycles. The van der Waals surface area contributed by atoms with E-state index in [-0.39, 0.29) is 19.1 Å². The van der Waals surface area contributed by atoms with Crippen molar-refractivity contribution in [3.05, 3.63) is 18.2 Å². The summed E-state index contributed by atoms with van der Waals surface area (Å²) in [6.07, 6.45) is 2.53. The molecule has 2 rings (SSSR count). The van der Waals surface area contributed by atoms with Gasteiger partial charge in [0.25, 0.3) is 0 Å². The number of nitrogens with one attached hydrogen (secondary N) is 2. The minimum atomic E-state index is -0.0890. The van der Waals surface area contributed by atoms with Gasteiger partial charge in [-0.3, -0.25) is 4.79 Å². The standard InChI is InChI=1S/C15H22N2O4/c1-20-13-5-4-12(8-14(13)21-7-6-18)17-15(19)10-16-9-11-2-3-11/h4-5,8,11,16,18H,2-3,6-7,9-10H2,1H3,(H,17,19). The molecule has 1 amide bonds. The summed E-state index contributed by atoms with van der Waals surface area (Å²) in [4.78, 5) is 11.8. The first-order valence-electron chi connectivity index (χ1n) is 7.15. The molecule has 1 fully saturated rings. The second-order valence-corrected chi connectivity index (χ2v) is 5.06. The van der Waals surface area contributed by atoms with Crippen molar-refractivity contribution < 1.29 is 19.4 Å². The van der Waals surface area contributed by atoms with Crippen LogP contribution in [0.4, 0.5) is 5.69 Å². The summed E-state index contributed by atoms with van der Waals surface area (Å²) in [6, 6.07) is 5.16. The van der Waals surface area contributed by atoms with Crippen molar-refractivity contribution in [1.29, 1.82) is 0 Å². The van der Waals surface area contributed by atoms with E-state index in [0.717, 1.165) is 12.5 Å². The van der Waals surface area contributed by atoms with E-state index in [2.05, 4.69) is 10.6 Å². The minimum absolute atomic E-state index is 0.0785. The number of methoxy groups -OCH3 is 1. The molecule has 0 radical (unpaired) electrons. The largest absolute Gasteiger partial charge is 0.493 e. The van der Waals surface area contributed by atoms with E-state index in [1.807, 2.05) is 0 Å². The van der Waals surface area contributed by atoms with Crippen molar-refractivity contribution in [2.75, 3.05) is 38.7 Å². The second-order valence-electron chi connectivity index (χ2n) is 5.06. The van der Waals surface area contributed by atoms with Crippen LogP contribution in [-0.4, -0.2) is 44.4 Å². The Morgan fingerprint density at radius 1 is 1.38 bits per heavy atom. The maximum Gasteiger partial charge on any atom is 0.238 e. The molecule has 21 heavy (non-hydrogen) atoms. The zero-order valence-corrected chi connectivity index (χ0v) is 12.2. The summed E-state index contributed by atoms with van der Waals surface area (Å²) in [5.74, 6) is 1.72. The molecule has 0 unspecified atom stereocenters. The monoisotopic (exact) mass is 294 g/mol. The van der Waals surface area contributed by atoms with E-state index in [9.17, 15) is 4.79 Å². The molecule has 0 saturated heterocycles. The molecule has 6 nitrogen and oxygen atoms in total. The fourth-order valence-corrected chi connectivity index (χ4v) is 1.94. The van der Waals surface area contributed by atoms with Gasteiger partial charge in [0.05, 0.1) is 20.3 Å². The Labute approximate surface area is 124 Å². The number of hydrogen-bond acceptors (Lipinski definition) is 5. The van der Waals surface area contributed by atoms with Gasteiger partial charge in [-0.05, 0) is 37.4 Å². The van der Waals surface area contributed by atoms with E-state index in [4.69, 9.17) is 14.6 Å². The third-order valence-electron chi connectivity index (χ3n) is 3.21. The second kappa shape index (κ2) is 7.85. The summed E-state index contributed by atoms with van der Waals surface area (Å²) >= 11 is 0. The molecule has 0 bridgehead atoms. The molecule has 0 aromatic heterocycles. The molecule has 116 valence electrons. The maximum absolute atomic E-state index is 11.8. The number of hydrogen-bond donors (Lipinski definition) is 3. The number of rotatable bonds is 9. The average molecular weight is 294 g/mol. The molecule has 6 heteroatoms. The molecule has 0 spiro atoms. The maximum atomic E-state index is 11.8. The lowest BCUT2D eigenvalue weighted by molar-refractivity contribution is -0.115. The highest BCUT2D eigenvalue weighted by atomic mass is 16.5. The van der Waals surface area contributed by atoms with Gasteiger partial charge in [0.15, 0.2) is 11.5 Å². The van der Waals surface area contributed by atoms with E-state index >= 15 is 0 Å². The summed E-state index contributed by atoms with van der Waals surface area (Å²) in [5, 5.41) is 14.8. The smallest absolute Gasteiger partial charge is 0.238 e. The van der Waals surface area contributed by atoms with Crippen LogP contribution in [0.2, 0.25) is 0 Å². The highest BCUT2D eigenvalue weighted by Gasteiger charge is 2.20. The van der Waals surface area contributed by atoms with Crippen LogP contribution >= 0.6 is 0 Å². The number of aliphatic hydroxyl groups excluding tert-OH is 1. The molecule has 1 aromatic carbocycles. The molecule has 1 saturated carbocycles. The van der Waals surface area contributed by atoms with E-state index < -0.39 is 0 Å². The van der Waals surface area contributed by atoms with E-state index in [0.29, 0.717) is 23.7 Å². The van der Waals surface area contributed by atoms with Crippen LogP contribution in [0.5, 0.6) is 11.5 Å². The molecular weight excluding hydrogens is 272 g/mol. The molecular formula is C15H22N2O4. The van der Waals surface area contributed by atoms with Crippen molar-refractivity contribution in [3.63, 3.8) is 0 Å². The molecule has 1 aliphatic carbocycles. The van der Waals surface area contributed by atoms with Crippen molar-refractivity contribution in [1.82, 2.24) is 5.32 Å². The number of benzene rings is 1. The lowest BCUT2D eigenvalue weighted by Crippen LogP contribution is -2.29. The van der Waals surface area contributed by atoms with Crippen LogP contribution in [0.3, 0.4) is 0 Å². The Balaban J connectivity index is 1.86. The normalized spacial score (nSPS) is 13.8. The zero-order valence-electron chi connectivity index (χ0n) is 12.2. The van der Waals surface area contributed by atoms with E-state index in [1.165, 1.54) is 12.8 Å². The summed E-state index contributed by atoms with van der Waals surface area (Å²) in [5.41, 5.74) is 0.641. The first kappa shape index (κ1) is 15.6. The van der Waals surface area contributed by atoms with Crippen molar-refractivity contribution in [3.8, 4) is 11.5 Å². The number of carbonyl (C=O) groups is 1. The lowest BCUT2D eigenvalue weighted by Gasteiger charge is -2.12. The lowest BCUT2D eigenvalue weighted by atomic mass is 10.2. The van der Waals surface area contributed by atoms with Crippen molar-refractivity contribution >= 4 is 11.6 Å². The van der Waals surface area contributed by atoms with Crippen molar-refractivity contribution in [2.45, 2.75) is 12.8 Å². The predicted molar refractivity (Wildman–Crippen MR) is 79.8 cm³/mol. The van der Waals surface area contributed by atoms with Crippen LogP contribution in [0.1, 0.15) is 12.8 Å². The van der Waals surface area contributed by atoms with Gasteiger partial charge in [0.2, 0.25) is 5.91 Å². The highest BCUT2D eigenvalue weighted by molar-refractivity contribution is 5.92. The zero-order chi connectivity index (χ0) is 15.1. The SMILES string of the molecule is COc1ccc(NC(=O)CNCC2CC2)cc1OCCO. The highest BCUT2D eigenvalue weighted by Crippen LogP contribution is 2.30. The predicted octanol–water partition coefficient (Wildman–Crippen LogP) is 1.00. The minimum Gasteiger partial charge on any atom is -0.493 e. The summed E-state index contributed by atoms with van der Waals surface area (Å²) in [6.45, 7) is 1.30. The van der Waals surface area contributed by atoms with Crippen LogP contribution in [0.25, 0.3) is 0 Å². The Hall–Kier alpha value is -1.79. The number of aliphatic hydroxyl groups is 1. The molecule has 0 heterocycles. The van der Waals surface area contributed by atoms with Gasteiger partial charge in [-0.15, -0.1) is 0 Å². The Bertz CT molecular complexity index is 475. The van der Waals surface area contributed by atoms with Gasteiger partial charge in [0.1, 0.15) is 6.61 Å². The Kier molecular flexibility index (Phi) is 5.83. The first-order chi connectivity index (χ1) is 10.2. The molecule has 1 aromatic rings. The van der Waals surface area contributed by atoms with Crippen LogP contribution in [-0.2, 0) is 4.79 Å². The van der Waals surface area contributed by atoms with Crippen molar-refractivity contribution in [2.24, 2.45) is 5.92 Å². The van der Waals surface area contributed by atoms with Gasteiger partial charge < -0.3 is 25.2 Å². The fraction of sp³-hybridized carbons (Fsp3) is 0.533. The first-order valence-corrected chi connectivity index (χ1v) is 7.15. The van der Waals surface area contributed by atoms with Gasteiger partial charge in [-0.25, -0.2) is 0 Å². The number of anilines is 1. The number of amides is 1. The third kappa shape index (κ3) is 5.24. The van der Waals surface area contributed by atoms with E-state index in [1.54, 1.807) is 25.3 Å². The van der Waals surface area contributed by atoms with Gasteiger partial charge in [-0.1, -0.05) is 0 Å². The average Bonchev–Trinajstić information content (AvgIpc) is 3.29. The van der Waals surface area contributed by atoms with Crippen LogP contribution < -0.4 is 20.1 Å². The number of carbonyl (C=O) groups excluding carboxylic acids is 1. The van der Waals surface area contributed by atoms with Crippen LogP contribution in [0.15, 0.2) is 18.2 Å². The Morgan fingerprint density at radius 2 is 2.19 bits per heavy atom. The third-order valence-corrected chi connectivity index (χ3v) is 3.21.